The number of piperidine rings is 1. The molecule has 1 aliphatic carbocycles. The van der Waals surface area contributed by atoms with Crippen molar-refractivity contribution in [2.45, 2.75) is 51.0 Å². The SMILES string of the molecule is CN(C(=O)C1CCCN(c2ncc(-c3cccc(F)c3)cn2)C1)C1CCCCC1. The van der Waals surface area contributed by atoms with Gasteiger partial charge in [0.05, 0.1) is 5.92 Å². The third-order valence-corrected chi connectivity index (χ3v) is 6.32. The molecule has 6 heteroatoms. The van der Waals surface area contributed by atoms with E-state index in [1.807, 2.05) is 18.0 Å². The van der Waals surface area contributed by atoms with Crippen molar-refractivity contribution in [3.8, 4) is 11.1 Å². The highest BCUT2D eigenvalue weighted by Gasteiger charge is 2.32. The van der Waals surface area contributed by atoms with Gasteiger partial charge in [0.15, 0.2) is 0 Å². The lowest BCUT2D eigenvalue weighted by molar-refractivity contribution is -0.137. The number of rotatable bonds is 4. The molecular weight excluding hydrogens is 367 g/mol. The molecule has 2 heterocycles. The van der Waals surface area contributed by atoms with Crippen molar-refractivity contribution in [2.24, 2.45) is 5.92 Å². The molecule has 1 amide bonds. The fourth-order valence-corrected chi connectivity index (χ4v) is 4.60. The number of aromatic nitrogens is 2. The second kappa shape index (κ2) is 8.89. The highest BCUT2D eigenvalue weighted by molar-refractivity contribution is 5.79. The quantitative estimate of drug-likeness (QED) is 0.774. The molecule has 1 saturated carbocycles. The first-order valence-corrected chi connectivity index (χ1v) is 10.7. The molecule has 2 aromatic rings. The van der Waals surface area contributed by atoms with Gasteiger partial charge in [0.25, 0.3) is 0 Å². The molecule has 2 fully saturated rings. The normalized spacial score (nSPS) is 20.5. The highest BCUT2D eigenvalue weighted by atomic mass is 19.1. The van der Waals surface area contributed by atoms with Crippen LogP contribution in [-0.2, 0) is 4.79 Å². The maximum Gasteiger partial charge on any atom is 0.227 e. The van der Waals surface area contributed by atoms with Crippen LogP contribution in [0.2, 0.25) is 0 Å². The Morgan fingerprint density at radius 3 is 2.55 bits per heavy atom. The summed E-state index contributed by atoms with van der Waals surface area (Å²) in [4.78, 5) is 26.2. The Labute approximate surface area is 172 Å². The van der Waals surface area contributed by atoms with Gasteiger partial charge in [0.1, 0.15) is 5.82 Å². The van der Waals surface area contributed by atoms with E-state index in [4.69, 9.17) is 0 Å². The zero-order valence-electron chi connectivity index (χ0n) is 17.1. The average molecular weight is 397 g/mol. The van der Waals surface area contributed by atoms with Crippen molar-refractivity contribution in [1.29, 1.82) is 0 Å². The van der Waals surface area contributed by atoms with Crippen molar-refractivity contribution in [1.82, 2.24) is 14.9 Å². The van der Waals surface area contributed by atoms with Crippen LogP contribution in [0, 0.1) is 11.7 Å². The van der Waals surface area contributed by atoms with Gasteiger partial charge in [-0.15, -0.1) is 0 Å². The molecule has 1 unspecified atom stereocenters. The van der Waals surface area contributed by atoms with Crippen LogP contribution in [0.1, 0.15) is 44.9 Å². The van der Waals surface area contributed by atoms with E-state index in [0.717, 1.165) is 43.4 Å². The Kier molecular flexibility index (Phi) is 6.07. The summed E-state index contributed by atoms with van der Waals surface area (Å²) in [5.41, 5.74) is 1.55. The van der Waals surface area contributed by atoms with E-state index in [0.29, 0.717) is 18.5 Å². The zero-order chi connectivity index (χ0) is 20.2. The van der Waals surface area contributed by atoms with Crippen molar-refractivity contribution in [3.63, 3.8) is 0 Å². The van der Waals surface area contributed by atoms with Crippen molar-refractivity contribution >= 4 is 11.9 Å². The minimum absolute atomic E-state index is 0.00201. The average Bonchev–Trinajstić information content (AvgIpc) is 2.79. The Balaban J connectivity index is 1.42. The topological polar surface area (TPSA) is 49.3 Å². The summed E-state index contributed by atoms with van der Waals surface area (Å²) < 4.78 is 13.5. The molecular formula is C23H29FN4O. The number of benzene rings is 1. The van der Waals surface area contributed by atoms with E-state index in [9.17, 15) is 9.18 Å². The van der Waals surface area contributed by atoms with Crippen LogP contribution in [-0.4, -0.2) is 47.0 Å². The van der Waals surface area contributed by atoms with Gasteiger partial charge in [0, 0.05) is 44.1 Å². The van der Waals surface area contributed by atoms with Gasteiger partial charge in [-0.1, -0.05) is 31.4 Å². The van der Waals surface area contributed by atoms with Crippen LogP contribution in [0.15, 0.2) is 36.7 Å². The van der Waals surface area contributed by atoms with E-state index in [1.54, 1.807) is 18.5 Å². The third kappa shape index (κ3) is 4.57. The molecule has 0 bridgehead atoms. The first-order valence-electron chi connectivity index (χ1n) is 10.7. The Morgan fingerprint density at radius 2 is 1.83 bits per heavy atom. The number of nitrogens with zero attached hydrogens (tertiary/aromatic N) is 4. The molecule has 29 heavy (non-hydrogen) atoms. The molecule has 154 valence electrons. The van der Waals surface area contributed by atoms with Gasteiger partial charge in [-0.25, -0.2) is 14.4 Å². The standard InChI is InChI=1S/C23H29FN4O/c1-27(21-10-3-2-4-11-21)22(29)18-8-6-12-28(16-18)23-25-14-19(15-26-23)17-7-5-9-20(24)13-17/h5,7,9,13-15,18,21H,2-4,6,8,10-12,16H2,1H3. The van der Waals surface area contributed by atoms with Crippen LogP contribution >= 0.6 is 0 Å². The van der Waals surface area contributed by atoms with Gasteiger partial charge in [0.2, 0.25) is 11.9 Å². The van der Waals surface area contributed by atoms with E-state index in [2.05, 4.69) is 14.9 Å². The number of carbonyl (C=O) groups is 1. The summed E-state index contributed by atoms with van der Waals surface area (Å²) in [6, 6.07) is 6.83. The van der Waals surface area contributed by atoms with Gasteiger partial charge in [-0.2, -0.15) is 0 Å². The maximum absolute atomic E-state index is 13.5. The molecule has 1 aromatic carbocycles. The minimum atomic E-state index is -0.272. The van der Waals surface area contributed by atoms with Gasteiger partial charge in [-0.3, -0.25) is 4.79 Å². The predicted octanol–water partition coefficient (Wildman–Crippen LogP) is 4.29. The first kappa shape index (κ1) is 19.8. The smallest absolute Gasteiger partial charge is 0.227 e. The van der Waals surface area contributed by atoms with Gasteiger partial charge in [-0.05, 0) is 43.4 Å². The van der Waals surface area contributed by atoms with Gasteiger partial charge >= 0.3 is 0 Å². The second-order valence-corrected chi connectivity index (χ2v) is 8.31. The number of hydrogen-bond donors (Lipinski definition) is 0. The second-order valence-electron chi connectivity index (χ2n) is 8.31. The largest absolute Gasteiger partial charge is 0.342 e. The molecule has 0 spiro atoms. The molecule has 2 aliphatic rings. The van der Waals surface area contributed by atoms with Crippen molar-refractivity contribution in [2.75, 3.05) is 25.0 Å². The number of anilines is 1. The fraction of sp³-hybridized carbons (Fsp3) is 0.522. The lowest BCUT2D eigenvalue weighted by Crippen LogP contribution is -2.47. The summed E-state index contributed by atoms with van der Waals surface area (Å²) in [6.45, 7) is 1.52. The van der Waals surface area contributed by atoms with E-state index in [-0.39, 0.29) is 17.6 Å². The minimum Gasteiger partial charge on any atom is -0.342 e. The number of halogens is 1. The van der Waals surface area contributed by atoms with Crippen molar-refractivity contribution in [3.05, 3.63) is 42.5 Å². The molecule has 1 atom stereocenters. The molecule has 0 radical (unpaired) electrons. The summed E-state index contributed by atoms with van der Waals surface area (Å²) in [6.07, 6.45) is 11.4. The van der Waals surface area contributed by atoms with E-state index in [1.165, 1.54) is 31.4 Å². The van der Waals surface area contributed by atoms with Crippen molar-refractivity contribution < 1.29 is 9.18 Å². The van der Waals surface area contributed by atoms with E-state index < -0.39 is 0 Å². The lowest BCUT2D eigenvalue weighted by atomic mass is 9.91. The molecule has 1 saturated heterocycles. The number of hydrogen-bond acceptors (Lipinski definition) is 4. The monoisotopic (exact) mass is 396 g/mol. The van der Waals surface area contributed by atoms with Crippen LogP contribution in [0.5, 0.6) is 0 Å². The summed E-state index contributed by atoms with van der Waals surface area (Å²) >= 11 is 0. The Hall–Kier alpha value is -2.50. The van der Waals surface area contributed by atoms with Crippen LogP contribution in [0.25, 0.3) is 11.1 Å². The maximum atomic E-state index is 13.5. The molecule has 1 aromatic heterocycles. The summed E-state index contributed by atoms with van der Waals surface area (Å²) in [5, 5.41) is 0. The summed E-state index contributed by atoms with van der Waals surface area (Å²) in [5.74, 6) is 0.633. The van der Waals surface area contributed by atoms with Crippen LogP contribution in [0.3, 0.4) is 0 Å². The molecule has 0 N–H and O–H groups in total. The predicted molar refractivity (Wildman–Crippen MR) is 112 cm³/mol. The number of amides is 1. The van der Waals surface area contributed by atoms with E-state index >= 15 is 0 Å². The van der Waals surface area contributed by atoms with Gasteiger partial charge < -0.3 is 9.80 Å². The van der Waals surface area contributed by atoms with Crippen LogP contribution in [0.4, 0.5) is 10.3 Å². The molecule has 5 nitrogen and oxygen atoms in total. The highest BCUT2D eigenvalue weighted by Crippen LogP contribution is 2.27. The fourth-order valence-electron chi connectivity index (χ4n) is 4.60. The Bertz CT molecular complexity index is 835. The zero-order valence-corrected chi connectivity index (χ0v) is 17.1. The summed E-state index contributed by atoms with van der Waals surface area (Å²) in [7, 11) is 1.97. The Morgan fingerprint density at radius 1 is 1.07 bits per heavy atom. The van der Waals surface area contributed by atoms with Crippen LogP contribution < -0.4 is 4.90 Å². The first-order chi connectivity index (χ1) is 14.1. The third-order valence-electron chi connectivity index (χ3n) is 6.32. The molecule has 4 rings (SSSR count). The molecule has 1 aliphatic heterocycles. The lowest BCUT2D eigenvalue weighted by Gasteiger charge is -2.37. The number of carbonyl (C=O) groups excluding carboxylic acids is 1.